The van der Waals surface area contributed by atoms with Gasteiger partial charge in [-0.3, -0.25) is 20.2 Å². The van der Waals surface area contributed by atoms with Gasteiger partial charge in [-0.15, -0.1) is 0 Å². The lowest BCUT2D eigenvalue weighted by Crippen LogP contribution is -2.18. The summed E-state index contributed by atoms with van der Waals surface area (Å²) in [6.07, 6.45) is 0.641. The predicted octanol–water partition coefficient (Wildman–Crippen LogP) is 3.77. The molecule has 2 atom stereocenters. The number of nitro groups is 2. The monoisotopic (exact) mass is 325 g/mol. The van der Waals surface area contributed by atoms with E-state index in [1.807, 2.05) is 20.8 Å². The van der Waals surface area contributed by atoms with Gasteiger partial charge in [-0.1, -0.05) is 27.2 Å². The molecule has 8 heteroatoms. The van der Waals surface area contributed by atoms with Gasteiger partial charge in [-0.05, 0) is 24.8 Å². The first-order valence-corrected chi connectivity index (χ1v) is 7.65. The summed E-state index contributed by atoms with van der Waals surface area (Å²) < 4.78 is 5.74. The van der Waals surface area contributed by atoms with Gasteiger partial charge in [0.05, 0.1) is 21.5 Å². The third kappa shape index (κ3) is 3.76. The highest BCUT2D eigenvalue weighted by molar-refractivity contribution is 5.76. The molecule has 0 aliphatic carbocycles. The summed E-state index contributed by atoms with van der Waals surface area (Å²) in [6, 6.07) is 1.33. The zero-order valence-corrected chi connectivity index (χ0v) is 13.9. The molecule has 1 aromatic carbocycles. The van der Waals surface area contributed by atoms with Crippen molar-refractivity contribution in [2.45, 2.75) is 46.6 Å². The molecule has 2 N–H and O–H groups in total. The van der Waals surface area contributed by atoms with Crippen molar-refractivity contribution in [2.75, 3.05) is 12.3 Å². The third-order valence-electron chi connectivity index (χ3n) is 3.99. The van der Waals surface area contributed by atoms with Gasteiger partial charge in [-0.25, -0.2) is 0 Å². The van der Waals surface area contributed by atoms with Crippen molar-refractivity contribution >= 4 is 17.1 Å². The minimum atomic E-state index is -0.690. The van der Waals surface area contributed by atoms with Crippen LogP contribution in [0.3, 0.4) is 0 Å². The number of nitrogens with zero attached hydrogens (tertiary/aromatic N) is 2. The molecule has 0 radical (unpaired) electrons. The van der Waals surface area contributed by atoms with Crippen molar-refractivity contribution < 1.29 is 14.6 Å². The smallest absolute Gasteiger partial charge is 0.305 e. The molecule has 0 amide bonds. The van der Waals surface area contributed by atoms with Crippen molar-refractivity contribution in [1.82, 2.24) is 0 Å². The number of ether oxygens (including phenoxy) is 1. The summed E-state index contributed by atoms with van der Waals surface area (Å²) in [6.45, 7) is 7.87. The maximum atomic E-state index is 11.6. The minimum absolute atomic E-state index is 0.0137. The Kier molecular flexibility index (Phi) is 6.44. The predicted molar refractivity (Wildman–Crippen MR) is 87.4 cm³/mol. The number of nitrogens with two attached hydrogens (primary N) is 1. The van der Waals surface area contributed by atoms with Crippen molar-refractivity contribution in [3.8, 4) is 0 Å². The Bertz CT molecular complexity index is 603. The number of nitro benzene ring substituents is 2. The normalized spacial score (nSPS) is 13.6. The van der Waals surface area contributed by atoms with E-state index < -0.39 is 33.0 Å². The number of nitrogen functional groups attached to an aromatic ring is 1. The molecule has 23 heavy (non-hydrogen) atoms. The number of benzene rings is 1. The van der Waals surface area contributed by atoms with Crippen LogP contribution in [0.4, 0.5) is 17.1 Å². The average Bonchev–Trinajstić information content (AvgIpc) is 2.50. The molecule has 0 saturated carbocycles. The van der Waals surface area contributed by atoms with Crippen LogP contribution in [0.2, 0.25) is 0 Å². The Hall–Kier alpha value is -2.22. The summed E-state index contributed by atoms with van der Waals surface area (Å²) in [4.78, 5) is 21.3. The zero-order chi connectivity index (χ0) is 17.7. The van der Waals surface area contributed by atoms with E-state index >= 15 is 0 Å². The Morgan fingerprint density at radius 1 is 1.22 bits per heavy atom. The molecule has 0 spiro atoms. The number of hydrogen-bond donors (Lipinski definition) is 1. The van der Waals surface area contributed by atoms with Gasteiger partial charge >= 0.3 is 5.69 Å². The van der Waals surface area contributed by atoms with E-state index in [2.05, 4.69) is 0 Å². The quantitative estimate of drug-likeness (QED) is 0.441. The highest BCUT2D eigenvalue weighted by atomic mass is 16.6. The maximum Gasteiger partial charge on any atom is 0.305 e. The summed E-state index contributed by atoms with van der Waals surface area (Å²) in [5.74, 6) is 0.0137. The molecule has 0 bridgehead atoms. The fourth-order valence-electron chi connectivity index (χ4n) is 2.62. The lowest BCUT2D eigenvalue weighted by molar-refractivity contribution is -0.393. The Labute approximate surface area is 134 Å². The molecule has 0 heterocycles. The fourth-order valence-corrected chi connectivity index (χ4v) is 2.62. The van der Waals surface area contributed by atoms with Gasteiger partial charge in [0.2, 0.25) is 0 Å². The van der Waals surface area contributed by atoms with Crippen LogP contribution in [0.25, 0.3) is 0 Å². The largest absolute Gasteiger partial charge is 0.387 e. The highest BCUT2D eigenvalue weighted by Gasteiger charge is 2.35. The number of hydrogen-bond acceptors (Lipinski definition) is 6. The van der Waals surface area contributed by atoms with Gasteiger partial charge in [0.15, 0.2) is 5.69 Å². The molecule has 0 saturated heterocycles. The van der Waals surface area contributed by atoms with Crippen molar-refractivity contribution in [1.29, 1.82) is 0 Å². The molecular formula is C15H23N3O5. The van der Waals surface area contributed by atoms with E-state index in [0.29, 0.717) is 24.2 Å². The standard InChI is InChI=1S/C15H23N3O5/c1-5-9(4)15(23-7-3)12-10(6-2)8-11(17(19)20)13(16)14(12)18(21)22/h8-9,15H,5-7,16H2,1-4H3. The minimum Gasteiger partial charge on any atom is -0.387 e. The SMILES string of the molecule is CCOC(c1c(CC)cc([N+](=O)[O-])c(N)c1[N+](=O)[O-])C(C)CC. The zero-order valence-electron chi connectivity index (χ0n) is 13.9. The summed E-state index contributed by atoms with van der Waals surface area (Å²) in [5.41, 5.74) is 5.37. The molecule has 0 aromatic heterocycles. The molecule has 0 aliphatic heterocycles. The van der Waals surface area contributed by atoms with Crippen LogP contribution in [0.1, 0.15) is 51.3 Å². The van der Waals surface area contributed by atoms with Crippen molar-refractivity contribution in [3.05, 3.63) is 37.4 Å². The molecular weight excluding hydrogens is 302 g/mol. The topological polar surface area (TPSA) is 122 Å². The second-order valence-electron chi connectivity index (χ2n) is 5.36. The van der Waals surface area contributed by atoms with Crippen LogP contribution in [0.5, 0.6) is 0 Å². The lowest BCUT2D eigenvalue weighted by Gasteiger charge is -2.25. The first kappa shape index (κ1) is 18.8. The van der Waals surface area contributed by atoms with E-state index in [0.717, 1.165) is 6.42 Å². The Morgan fingerprint density at radius 3 is 2.22 bits per heavy atom. The van der Waals surface area contributed by atoms with Crippen LogP contribution >= 0.6 is 0 Å². The van der Waals surface area contributed by atoms with Crippen LogP contribution in [0, 0.1) is 26.1 Å². The average molecular weight is 325 g/mol. The molecule has 1 rings (SSSR count). The number of rotatable bonds is 8. The maximum absolute atomic E-state index is 11.6. The second kappa shape index (κ2) is 7.87. The molecule has 1 aromatic rings. The van der Waals surface area contributed by atoms with Crippen LogP contribution in [0.15, 0.2) is 6.07 Å². The van der Waals surface area contributed by atoms with E-state index in [9.17, 15) is 20.2 Å². The van der Waals surface area contributed by atoms with Gasteiger partial charge in [0.25, 0.3) is 5.69 Å². The molecule has 2 unspecified atom stereocenters. The highest BCUT2D eigenvalue weighted by Crippen LogP contribution is 2.44. The van der Waals surface area contributed by atoms with Crippen LogP contribution in [-0.4, -0.2) is 16.5 Å². The fraction of sp³-hybridized carbons (Fsp3) is 0.600. The van der Waals surface area contributed by atoms with Crippen molar-refractivity contribution in [3.63, 3.8) is 0 Å². The van der Waals surface area contributed by atoms with Gasteiger partial charge in [-0.2, -0.15) is 0 Å². The van der Waals surface area contributed by atoms with Crippen LogP contribution in [-0.2, 0) is 11.2 Å². The molecule has 0 aliphatic rings. The summed E-state index contributed by atoms with van der Waals surface area (Å²) >= 11 is 0. The second-order valence-corrected chi connectivity index (χ2v) is 5.36. The summed E-state index contributed by atoms with van der Waals surface area (Å²) in [7, 11) is 0. The number of anilines is 1. The molecule has 128 valence electrons. The van der Waals surface area contributed by atoms with Gasteiger partial charge < -0.3 is 10.5 Å². The number of aryl methyl sites for hydroxylation is 1. The first-order valence-electron chi connectivity index (χ1n) is 7.65. The van der Waals surface area contributed by atoms with Crippen LogP contribution < -0.4 is 5.73 Å². The van der Waals surface area contributed by atoms with E-state index in [4.69, 9.17) is 10.5 Å². The van der Waals surface area contributed by atoms with E-state index in [1.165, 1.54) is 6.07 Å². The lowest BCUT2D eigenvalue weighted by atomic mass is 9.88. The molecule has 8 nitrogen and oxygen atoms in total. The molecule has 0 fully saturated rings. The van der Waals surface area contributed by atoms with Gasteiger partial charge in [0.1, 0.15) is 0 Å². The first-order chi connectivity index (χ1) is 10.8. The van der Waals surface area contributed by atoms with Crippen molar-refractivity contribution in [2.24, 2.45) is 5.92 Å². The van der Waals surface area contributed by atoms with Gasteiger partial charge in [0, 0.05) is 12.7 Å². The third-order valence-corrected chi connectivity index (χ3v) is 3.99. The summed E-state index contributed by atoms with van der Waals surface area (Å²) in [5, 5.41) is 22.7. The van der Waals surface area contributed by atoms with E-state index in [-0.39, 0.29) is 5.92 Å². The Morgan fingerprint density at radius 2 is 1.83 bits per heavy atom. The Balaban J connectivity index is 3.76. The van der Waals surface area contributed by atoms with E-state index in [1.54, 1.807) is 6.92 Å².